The van der Waals surface area contributed by atoms with E-state index in [4.69, 9.17) is 4.74 Å². The summed E-state index contributed by atoms with van der Waals surface area (Å²) < 4.78 is 5.50. The van der Waals surface area contributed by atoms with E-state index in [1.54, 1.807) is 18.9 Å². The van der Waals surface area contributed by atoms with Gasteiger partial charge in [-0.1, -0.05) is 66.7 Å². The number of thioether (sulfide) groups is 1. The van der Waals surface area contributed by atoms with E-state index in [2.05, 4.69) is 28.4 Å². The molecule has 41 heavy (non-hydrogen) atoms. The molecule has 4 aromatic rings. The van der Waals surface area contributed by atoms with Gasteiger partial charge in [0.1, 0.15) is 11.8 Å². The maximum atomic E-state index is 13.5. The zero-order valence-corrected chi connectivity index (χ0v) is 24.5. The van der Waals surface area contributed by atoms with Crippen molar-refractivity contribution in [3.63, 3.8) is 0 Å². The largest absolute Gasteiger partial charge is 0.497 e. The van der Waals surface area contributed by atoms with E-state index in [0.29, 0.717) is 30.8 Å². The number of aliphatic carboxylic acids is 1. The minimum Gasteiger partial charge on any atom is -0.497 e. The predicted molar refractivity (Wildman–Crippen MR) is 168 cm³/mol. The predicted octanol–water partition coefficient (Wildman–Crippen LogP) is 6.81. The summed E-state index contributed by atoms with van der Waals surface area (Å²) in [7, 11) is 1.66. The van der Waals surface area contributed by atoms with Crippen molar-refractivity contribution in [2.75, 3.05) is 24.0 Å². The second kappa shape index (κ2) is 14.4. The number of nitrogens with zero attached hydrogens (tertiary/aromatic N) is 1. The number of hydrogen-bond acceptors (Lipinski definition) is 5. The van der Waals surface area contributed by atoms with Crippen molar-refractivity contribution in [1.82, 2.24) is 5.32 Å². The summed E-state index contributed by atoms with van der Waals surface area (Å²) in [5.74, 6) is -0.00119. The molecular formula is C34H36N2O4S. The van der Waals surface area contributed by atoms with Gasteiger partial charge < -0.3 is 20.1 Å². The summed E-state index contributed by atoms with van der Waals surface area (Å²) in [6.07, 6.45) is 2.28. The zero-order chi connectivity index (χ0) is 29.2. The molecule has 6 nitrogen and oxygen atoms in total. The standard InChI is InChI=1S/C34H36N2O4S/c1-24-10-7-8-15-29(24)31-20-26(16-17-30(31)33(37)35-32(34(38)39)18-19-41-3)23-36(22-25-11-5-4-6-12-25)27-13-9-14-28(21-27)40-2/h4-17,20-21,32H,18-19,22-23H2,1-3H3,(H,35,37)(H,38,39). The lowest BCUT2D eigenvalue weighted by Crippen LogP contribution is -2.41. The first-order valence-corrected chi connectivity index (χ1v) is 14.9. The van der Waals surface area contributed by atoms with Crippen LogP contribution in [0.1, 0.15) is 33.5 Å². The van der Waals surface area contributed by atoms with E-state index < -0.39 is 17.9 Å². The number of nitrogens with one attached hydrogen (secondary N) is 1. The average Bonchev–Trinajstić information content (AvgIpc) is 2.99. The van der Waals surface area contributed by atoms with Gasteiger partial charge in [0.2, 0.25) is 0 Å². The van der Waals surface area contributed by atoms with Crippen molar-refractivity contribution in [3.8, 4) is 16.9 Å². The van der Waals surface area contributed by atoms with E-state index in [1.807, 2.05) is 92.0 Å². The Balaban J connectivity index is 1.72. The zero-order valence-electron chi connectivity index (χ0n) is 23.7. The number of amides is 1. The fourth-order valence-electron chi connectivity index (χ4n) is 4.78. The molecule has 0 aliphatic heterocycles. The SMILES string of the molecule is COc1cccc(N(Cc2ccccc2)Cc2ccc(C(=O)NC(CCSC)C(=O)O)c(-c3ccccc3C)c2)c1. The fraction of sp³-hybridized carbons (Fsp3) is 0.235. The van der Waals surface area contributed by atoms with Crippen LogP contribution in [0.25, 0.3) is 11.1 Å². The van der Waals surface area contributed by atoms with E-state index in [-0.39, 0.29) is 0 Å². The molecule has 0 fully saturated rings. The number of carboxylic acids is 1. The minimum absolute atomic E-state index is 0.356. The number of anilines is 1. The number of carboxylic acid groups (broad SMARTS) is 1. The summed E-state index contributed by atoms with van der Waals surface area (Å²) >= 11 is 1.55. The molecule has 1 amide bonds. The number of carbonyl (C=O) groups excluding carboxylic acids is 1. The number of hydrogen-bond donors (Lipinski definition) is 2. The van der Waals surface area contributed by atoms with Gasteiger partial charge in [-0.15, -0.1) is 0 Å². The molecule has 2 N–H and O–H groups in total. The van der Waals surface area contributed by atoms with E-state index in [0.717, 1.165) is 33.7 Å². The molecule has 4 rings (SSSR count). The molecule has 0 bridgehead atoms. The Morgan fingerprint density at radius 2 is 1.61 bits per heavy atom. The van der Waals surface area contributed by atoms with Crippen LogP contribution >= 0.6 is 11.8 Å². The molecular weight excluding hydrogens is 532 g/mol. The van der Waals surface area contributed by atoms with Gasteiger partial charge in [-0.3, -0.25) is 4.79 Å². The summed E-state index contributed by atoms with van der Waals surface area (Å²) in [5, 5.41) is 12.5. The first-order chi connectivity index (χ1) is 19.9. The van der Waals surface area contributed by atoms with Crippen molar-refractivity contribution in [2.24, 2.45) is 0 Å². The highest BCUT2D eigenvalue weighted by molar-refractivity contribution is 7.98. The molecule has 0 saturated carbocycles. The molecule has 0 aromatic heterocycles. The third-order valence-electron chi connectivity index (χ3n) is 6.99. The van der Waals surface area contributed by atoms with Crippen molar-refractivity contribution >= 4 is 29.3 Å². The third-order valence-corrected chi connectivity index (χ3v) is 7.63. The van der Waals surface area contributed by atoms with Crippen LogP contribution in [-0.2, 0) is 17.9 Å². The average molecular weight is 569 g/mol. The number of rotatable bonds is 13. The lowest BCUT2D eigenvalue weighted by atomic mass is 9.93. The van der Waals surface area contributed by atoms with Crippen LogP contribution in [0.5, 0.6) is 5.75 Å². The summed E-state index contributed by atoms with van der Waals surface area (Å²) in [6.45, 7) is 3.29. The molecule has 0 saturated heterocycles. The van der Waals surface area contributed by atoms with Crippen LogP contribution in [0.4, 0.5) is 5.69 Å². The Labute approximate surface area is 246 Å². The highest BCUT2D eigenvalue weighted by Crippen LogP contribution is 2.30. The molecule has 4 aromatic carbocycles. The van der Waals surface area contributed by atoms with Crippen LogP contribution in [0.3, 0.4) is 0 Å². The normalized spacial score (nSPS) is 11.5. The van der Waals surface area contributed by atoms with Crippen molar-refractivity contribution < 1.29 is 19.4 Å². The number of carbonyl (C=O) groups is 2. The van der Waals surface area contributed by atoms with Crippen molar-refractivity contribution in [3.05, 3.63) is 119 Å². The monoisotopic (exact) mass is 568 g/mol. The van der Waals surface area contributed by atoms with E-state index in [1.165, 1.54) is 5.56 Å². The molecule has 212 valence electrons. The van der Waals surface area contributed by atoms with Gasteiger partial charge in [0, 0.05) is 30.4 Å². The number of aryl methyl sites for hydroxylation is 1. The second-order valence-corrected chi connectivity index (χ2v) is 10.9. The minimum atomic E-state index is -1.03. The van der Waals surface area contributed by atoms with Gasteiger partial charge >= 0.3 is 5.97 Å². The Kier molecular flexibility index (Phi) is 10.5. The molecule has 0 aliphatic rings. The quantitative estimate of drug-likeness (QED) is 0.184. The van der Waals surface area contributed by atoms with Crippen LogP contribution < -0.4 is 15.0 Å². The van der Waals surface area contributed by atoms with Gasteiger partial charge in [0.05, 0.1) is 7.11 Å². The van der Waals surface area contributed by atoms with Gasteiger partial charge in [-0.25, -0.2) is 4.79 Å². The van der Waals surface area contributed by atoms with Crippen LogP contribution in [0.15, 0.2) is 97.1 Å². The van der Waals surface area contributed by atoms with Gasteiger partial charge in [-0.05, 0) is 77.4 Å². The fourth-order valence-corrected chi connectivity index (χ4v) is 5.26. The molecule has 1 unspecified atom stereocenters. The second-order valence-electron chi connectivity index (χ2n) is 9.88. The molecule has 0 spiro atoms. The Morgan fingerprint density at radius 1 is 0.878 bits per heavy atom. The maximum absolute atomic E-state index is 13.5. The van der Waals surface area contributed by atoms with Crippen LogP contribution in [-0.4, -0.2) is 42.1 Å². The summed E-state index contributed by atoms with van der Waals surface area (Å²) in [4.78, 5) is 27.6. The Morgan fingerprint density at radius 3 is 2.32 bits per heavy atom. The van der Waals surface area contributed by atoms with Crippen molar-refractivity contribution in [1.29, 1.82) is 0 Å². The van der Waals surface area contributed by atoms with Crippen molar-refractivity contribution in [2.45, 2.75) is 32.5 Å². The first-order valence-electron chi connectivity index (χ1n) is 13.5. The van der Waals surface area contributed by atoms with Gasteiger partial charge in [0.25, 0.3) is 5.91 Å². The molecule has 1 atom stereocenters. The summed E-state index contributed by atoms with van der Waals surface area (Å²) in [6, 6.07) is 31.1. The number of ether oxygens (including phenoxy) is 1. The molecule has 7 heteroatoms. The topological polar surface area (TPSA) is 78.9 Å². The number of benzene rings is 4. The maximum Gasteiger partial charge on any atom is 0.326 e. The lowest BCUT2D eigenvalue weighted by molar-refractivity contribution is -0.139. The molecule has 0 radical (unpaired) electrons. The highest BCUT2D eigenvalue weighted by Gasteiger charge is 2.23. The Hall–Kier alpha value is -4.23. The summed E-state index contributed by atoms with van der Waals surface area (Å²) in [5.41, 5.74) is 6.42. The van der Waals surface area contributed by atoms with E-state index >= 15 is 0 Å². The third kappa shape index (κ3) is 7.92. The van der Waals surface area contributed by atoms with Crippen LogP contribution in [0.2, 0.25) is 0 Å². The highest BCUT2D eigenvalue weighted by atomic mass is 32.2. The van der Waals surface area contributed by atoms with E-state index in [9.17, 15) is 14.7 Å². The number of methoxy groups -OCH3 is 1. The van der Waals surface area contributed by atoms with Gasteiger partial charge in [0.15, 0.2) is 0 Å². The molecule has 0 heterocycles. The van der Waals surface area contributed by atoms with Gasteiger partial charge in [-0.2, -0.15) is 11.8 Å². The smallest absolute Gasteiger partial charge is 0.326 e. The first kappa shape index (κ1) is 29.7. The van der Waals surface area contributed by atoms with Crippen LogP contribution in [0, 0.1) is 6.92 Å². The Bertz CT molecular complexity index is 1470. The molecule has 0 aliphatic carbocycles. The lowest BCUT2D eigenvalue weighted by Gasteiger charge is -2.26.